The molecule has 0 radical (unpaired) electrons. The molecule has 0 aliphatic carbocycles. The van der Waals surface area contributed by atoms with Gasteiger partial charge in [0, 0.05) is 24.5 Å². The van der Waals surface area contributed by atoms with Crippen molar-refractivity contribution < 1.29 is 22.7 Å². The van der Waals surface area contributed by atoms with Crippen LogP contribution >= 0.6 is 11.6 Å². The van der Waals surface area contributed by atoms with Crippen LogP contribution in [0.25, 0.3) is 0 Å². The highest BCUT2D eigenvalue weighted by Crippen LogP contribution is 2.27. The van der Waals surface area contributed by atoms with Gasteiger partial charge in [-0.15, -0.1) is 0 Å². The Morgan fingerprint density at radius 2 is 1.54 bits per heavy atom. The summed E-state index contributed by atoms with van der Waals surface area (Å²) in [6.07, 6.45) is 1.90. The number of carbonyl (C=O) groups is 2. The number of rotatable bonds is 15. The molecule has 2 amide bonds. The van der Waals surface area contributed by atoms with Gasteiger partial charge in [-0.3, -0.25) is 13.9 Å². The van der Waals surface area contributed by atoms with Crippen LogP contribution in [-0.4, -0.2) is 51.4 Å². The molecule has 1 N–H and O–H groups in total. The molecule has 0 spiro atoms. The largest absolute Gasteiger partial charge is 0.497 e. The number of aryl methyl sites for hydroxylation is 1. The van der Waals surface area contributed by atoms with Gasteiger partial charge in [0.05, 0.1) is 17.7 Å². The van der Waals surface area contributed by atoms with Gasteiger partial charge in [-0.05, 0) is 66.9 Å². The van der Waals surface area contributed by atoms with Crippen molar-refractivity contribution in [2.75, 3.05) is 24.5 Å². The zero-order valence-electron chi connectivity index (χ0n) is 26.4. The van der Waals surface area contributed by atoms with Crippen molar-refractivity contribution >= 4 is 39.1 Å². The summed E-state index contributed by atoms with van der Waals surface area (Å²) in [6.45, 7) is 3.84. The minimum Gasteiger partial charge on any atom is -0.497 e. The first-order valence-electron chi connectivity index (χ1n) is 15.2. The normalized spacial score (nSPS) is 11.8. The minimum absolute atomic E-state index is 0.00151. The van der Waals surface area contributed by atoms with E-state index in [0.29, 0.717) is 28.6 Å². The zero-order valence-corrected chi connectivity index (χ0v) is 27.9. The van der Waals surface area contributed by atoms with Crippen molar-refractivity contribution in [3.8, 4) is 5.75 Å². The lowest BCUT2D eigenvalue weighted by molar-refractivity contribution is -0.140. The lowest BCUT2D eigenvalue weighted by Gasteiger charge is -2.34. The van der Waals surface area contributed by atoms with E-state index < -0.39 is 28.5 Å². The smallest absolute Gasteiger partial charge is 0.264 e. The lowest BCUT2D eigenvalue weighted by Crippen LogP contribution is -2.53. The fourth-order valence-electron chi connectivity index (χ4n) is 4.98. The Morgan fingerprint density at radius 3 is 2.17 bits per heavy atom. The van der Waals surface area contributed by atoms with Crippen LogP contribution in [0, 0.1) is 6.92 Å². The third kappa shape index (κ3) is 8.89. The maximum atomic E-state index is 14.5. The van der Waals surface area contributed by atoms with E-state index in [1.165, 1.54) is 24.1 Å². The molecule has 10 heteroatoms. The number of hydrogen-bond donors (Lipinski definition) is 1. The topological polar surface area (TPSA) is 96.0 Å². The van der Waals surface area contributed by atoms with Crippen molar-refractivity contribution in [1.82, 2.24) is 10.2 Å². The molecule has 0 heterocycles. The Labute approximate surface area is 277 Å². The molecule has 4 aromatic rings. The van der Waals surface area contributed by atoms with Gasteiger partial charge < -0.3 is 15.0 Å². The van der Waals surface area contributed by atoms with Gasteiger partial charge in [-0.1, -0.05) is 91.2 Å². The number of carbonyl (C=O) groups excluding carboxylic acids is 2. The number of amides is 2. The fraction of sp³-hybridized carbons (Fsp3) is 0.278. The van der Waals surface area contributed by atoms with E-state index in [1.54, 1.807) is 54.6 Å². The summed E-state index contributed by atoms with van der Waals surface area (Å²) in [6, 6.07) is 28.5. The maximum absolute atomic E-state index is 14.5. The number of ether oxygens (including phenoxy) is 1. The van der Waals surface area contributed by atoms with Gasteiger partial charge in [-0.25, -0.2) is 8.42 Å². The summed E-state index contributed by atoms with van der Waals surface area (Å²) in [7, 11) is -2.72. The second kappa shape index (κ2) is 16.3. The molecular weight excluding hydrogens is 622 g/mol. The maximum Gasteiger partial charge on any atom is 0.264 e. The number of unbranched alkanes of at least 4 members (excludes halogenated alkanes) is 1. The average molecular weight is 662 g/mol. The SMILES string of the molecule is CCCCNC(=O)[C@H](Cc1ccccc1)N(Cc1ccccc1Cl)C(=O)CN(c1ccc(C)cc1)S(=O)(=O)c1ccc(OC)cc1. The molecule has 0 unspecified atom stereocenters. The summed E-state index contributed by atoms with van der Waals surface area (Å²) < 4.78 is 34.6. The molecule has 4 rings (SSSR count). The molecule has 1 atom stereocenters. The Kier molecular flexibility index (Phi) is 12.2. The second-order valence-electron chi connectivity index (χ2n) is 11.0. The van der Waals surface area contributed by atoms with E-state index in [9.17, 15) is 18.0 Å². The van der Waals surface area contributed by atoms with E-state index in [0.717, 1.165) is 28.3 Å². The highest BCUT2D eigenvalue weighted by molar-refractivity contribution is 7.92. The van der Waals surface area contributed by atoms with Crippen molar-refractivity contribution in [1.29, 1.82) is 0 Å². The Bertz CT molecular complexity index is 1700. The lowest BCUT2D eigenvalue weighted by atomic mass is 10.0. The Hall–Kier alpha value is -4.34. The first kappa shape index (κ1) is 34.5. The van der Waals surface area contributed by atoms with Crippen LogP contribution in [0.4, 0.5) is 5.69 Å². The number of nitrogens with zero attached hydrogens (tertiary/aromatic N) is 2. The summed E-state index contributed by atoms with van der Waals surface area (Å²) >= 11 is 6.56. The van der Waals surface area contributed by atoms with Crippen molar-refractivity contribution in [2.45, 2.75) is 50.6 Å². The molecule has 0 aliphatic heterocycles. The van der Waals surface area contributed by atoms with Crippen LogP contribution in [-0.2, 0) is 32.6 Å². The van der Waals surface area contributed by atoms with Gasteiger partial charge in [0.15, 0.2) is 0 Å². The molecule has 0 saturated carbocycles. The fourth-order valence-corrected chi connectivity index (χ4v) is 6.59. The van der Waals surface area contributed by atoms with E-state index in [-0.39, 0.29) is 23.8 Å². The van der Waals surface area contributed by atoms with E-state index in [1.807, 2.05) is 50.2 Å². The standard InChI is InChI=1S/C36H40ClN3O5S/c1-4-5-23-38-36(42)34(24-28-11-7-6-8-12-28)39(25-29-13-9-10-14-33(29)37)35(41)26-40(30-17-15-27(2)16-18-30)46(43,44)32-21-19-31(45-3)20-22-32/h6-22,34H,4-5,23-26H2,1-3H3,(H,38,42)/t34-/m0/s1. The zero-order chi connectivity index (χ0) is 33.1. The van der Waals surface area contributed by atoms with Crippen molar-refractivity contribution in [2.24, 2.45) is 0 Å². The average Bonchev–Trinajstić information content (AvgIpc) is 3.07. The number of methoxy groups -OCH3 is 1. The van der Waals surface area contributed by atoms with Crippen LogP contribution < -0.4 is 14.4 Å². The third-order valence-electron chi connectivity index (χ3n) is 7.65. The van der Waals surface area contributed by atoms with E-state index in [4.69, 9.17) is 16.3 Å². The number of benzene rings is 4. The summed E-state index contributed by atoms with van der Waals surface area (Å²) in [5.74, 6) is -0.373. The number of nitrogens with one attached hydrogen (secondary N) is 1. The van der Waals surface area contributed by atoms with Gasteiger partial charge in [0.1, 0.15) is 18.3 Å². The highest BCUT2D eigenvalue weighted by atomic mass is 35.5. The van der Waals surface area contributed by atoms with Crippen LogP contribution in [0.2, 0.25) is 5.02 Å². The molecule has 0 saturated heterocycles. The third-order valence-corrected chi connectivity index (χ3v) is 9.80. The summed E-state index contributed by atoms with van der Waals surface area (Å²) in [5.41, 5.74) is 2.75. The molecule has 0 fully saturated rings. The number of sulfonamides is 1. The Balaban J connectivity index is 1.79. The second-order valence-corrected chi connectivity index (χ2v) is 13.3. The van der Waals surface area contributed by atoms with Crippen LogP contribution in [0.3, 0.4) is 0 Å². The summed E-state index contributed by atoms with van der Waals surface area (Å²) in [4.78, 5) is 29.8. The molecule has 0 aromatic heterocycles. The molecule has 8 nitrogen and oxygen atoms in total. The number of halogens is 1. The number of hydrogen-bond acceptors (Lipinski definition) is 5. The predicted molar refractivity (Wildman–Crippen MR) is 183 cm³/mol. The molecule has 242 valence electrons. The van der Waals surface area contributed by atoms with Gasteiger partial charge in [-0.2, -0.15) is 0 Å². The van der Waals surface area contributed by atoms with Gasteiger partial charge in [0.2, 0.25) is 11.8 Å². The van der Waals surface area contributed by atoms with Crippen molar-refractivity contribution in [3.63, 3.8) is 0 Å². The molecule has 4 aromatic carbocycles. The predicted octanol–water partition coefficient (Wildman–Crippen LogP) is 6.41. The molecular formula is C36H40ClN3O5S. The van der Waals surface area contributed by atoms with Crippen LogP contribution in [0.1, 0.15) is 36.5 Å². The van der Waals surface area contributed by atoms with E-state index in [2.05, 4.69) is 5.32 Å². The molecule has 46 heavy (non-hydrogen) atoms. The Morgan fingerprint density at radius 1 is 0.891 bits per heavy atom. The number of anilines is 1. The highest BCUT2D eigenvalue weighted by Gasteiger charge is 2.35. The van der Waals surface area contributed by atoms with Gasteiger partial charge >= 0.3 is 0 Å². The monoisotopic (exact) mass is 661 g/mol. The van der Waals surface area contributed by atoms with Crippen LogP contribution in [0.15, 0.2) is 108 Å². The minimum atomic E-state index is -4.22. The van der Waals surface area contributed by atoms with E-state index >= 15 is 0 Å². The van der Waals surface area contributed by atoms with Gasteiger partial charge in [0.25, 0.3) is 10.0 Å². The first-order chi connectivity index (χ1) is 22.1. The quantitative estimate of drug-likeness (QED) is 0.149. The van der Waals surface area contributed by atoms with Crippen LogP contribution in [0.5, 0.6) is 5.75 Å². The summed E-state index contributed by atoms with van der Waals surface area (Å²) in [5, 5.41) is 3.42. The van der Waals surface area contributed by atoms with Crippen molar-refractivity contribution in [3.05, 3.63) is 125 Å². The first-order valence-corrected chi connectivity index (χ1v) is 17.0. The molecule has 0 aliphatic rings. The molecule has 0 bridgehead atoms.